The third-order valence-electron chi connectivity index (χ3n) is 4.38. The average Bonchev–Trinajstić information content (AvgIpc) is 2.58. The van der Waals surface area contributed by atoms with Crippen molar-refractivity contribution in [3.8, 4) is 5.75 Å². The summed E-state index contributed by atoms with van der Waals surface area (Å²) >= 11 is 0. The van der Waals surface area contributed by atoms with Crippen LogP contribution in [0.1, 0.15) is 24.4 Å². The fourth-order valence-electron chi connectivity index (χ4n) is 2.97. The maximum Gasteiger partial charge on any atom is 0.225 e. The van der Waals surface area contributed by atoms with E-state index in [1.807, 2.05) is 6.07 Å². The SMILES string of the molecule is COc1cncc([C@H](Nc2ncc(F)c(N(C)C)n2)C2CC(O)C2)c1. The lowest BCUT2D eigenvalue weighted by molar-refractivity contribution is 0.0338. The Morgan fingerprint density at radius 2 is 2.08 bits per heavy atom. The standard InChI is InChI=1S/C17H22FN5O2/c1-23(2)16-14(18)9-20-17(22-16)21-15(10-4-12(24)5-10)11-6-13(25-3)8-19-7-11/h6-10,12,15,24H,4-5H2,1-3H3,(H,20,21,22)/t10?,12?,15-/m1/s1. The van der Waals surface area contributed by atoms with Crippen LogP contribution in [-0.4, -0.2) is 47.4 Å². The molecule has 1 aliphatic rings. The van der Waals surface area contributed by atoms with E-state index < -0.39 is 5.82 Å². The van der Waals surface area contributed by atoms with Crippen LogP contribution in [0.2, 0.25) is 0 Å². The molecule has 25 heavy (non-hydrogen) atoms. The van der Waals surface area contributed by atoms with Crippen LogP contribution in [0.3, 0.4) is 0 Å². The van der Waals surface area contributed by atoms with E-state index in [1.165, 1.54) is 0 Å². The van der Waals surface area contributed by atoms with Crippen molar-refractivity contribution in [2.75, 3.05) is 31.4 Å². The van der Waals surface area contributed by atoms with Crippen LogP contribution in [0.4, 0.5) is 16.2 Å². The van der Waals surface area contributed by atoms with Gasteiger partial charge in [-0.05, 0) is 30.4 Å². The maximum absolute atomic E-state index is 13.8. The molecule has 7 nitrogen and oxygen atoms in total. The van der Waals surface area contributed by atoms with Crippen molar-refractivity contribution in [2.24, 2.45) is 5.92 Å². The molecule has 2 heterocycles. The summed E-state index contributed by atoms with van der Waals surface area (Å²) in [5.74, 6) is 0.931. The van der Waals surface area contributed by atoms with Gasteiger partial charge in [0.25, 0.3) is 0 Å². The zero-order valence-electron chi connectivity index (χ0n) is 14.5. The van der Waals surface area contributed by atoms with Crippen LogP contribution >= 0.6 is 0 Å². The number of rotatable bonds is 6. The molecule has 0 spiro atoms. The highest BCUT2D eigenvalue weighted by Crippen LogP contribution is 2.40. The predicted octanol–water partition coefficient (Wildman–Crippen LogP) is 2.01. The number of methoxy groups -OCH3 is 1. The minimum absolute atomic E-state index is 0.147. The van der Waals surface area contributed by atoms with Crippen LogP contribution in [0.25, 0.3) is 0 Å². The lowest BCUT2D eigenvalue weighted by Gasteiger charge is -2.38. The van der Waals surface area contributed by atoms with Gasteiger partial charge in [-0.2, -0.15) is 4.98 Å². The minimum atomic E-state index is -0.478. The molecule has 0 bridgehead atoms. The number of anilines is 2. The molecule has 1 fully saturated rings. The van der Waals surface area contributed by atoms with Gasteiger partial charge in [0.05, 0.1) is 31.6 Å². The predicted molar refractivity (Wildman–Crippen MR) is 92.2 cm³/mol. The van der Waals surface area contributed by atoms with Gasteiger partial charge >= 0.3 is 0 Å². The first-order valence-corrected chi connectivity index (χ1v) is 8.11. The topological polar surface area (TPSA) is 83.4 Å². The van der Waals surface area contributed by atoms with E-state index in [-0.39, 0.29) is 23.9 Å². The molecular formula is C17H22FN5O2. The van der Waals surface area contributed by atoms with Gasteiger partial charge < -0.3 is 20.1 Å². The summed E-state index contributed by atoms with van der Waals surface area (Å²) in [7, 11) is 5.03. The zero-order chi connectivity index (χ0) is 18.0. The van der Waals surface area contributed by atoms with E-state index in [0.29, 0.717) is 24.5 Å². The molecule has 8 heteroatoms. The fraction of sp³-hybridized carbons (Fsp3) is 0.471. The number of hydrogen-bond donors (Lipinski definition) is 2. The second kappa shape index (κ2) is 7.18. The molecule has 134 valence electrons. The van der Waals surface area contributed by atoms with Crippen molar-refractivity contribution in [1.29, 1.82) is 0 Å². The molecule has 1 atom stereocenters. The number of aliphatic hydroxyl groups is 1. The number of pyridine rings is 1. The molecule has 0 unspecified atom stereocenters. The number of aliphatic hydroxyl groups excluding tert-OH is 1. The number of nitrogens with one attached hydrogen (secondary N) is 1. The molecule has 2 N–H and O–H groups in total. The zero-order valence-corrected chi connectivity index (χ0v) is 14.5. The Kier molecular flexibility index (Phi) is 4.98. The Labute approximate surface area is 145 Å². The number of aromatic nitrogens is 3. The number of nitrogens with zero attached hydrogens (tertiary/aromatic N) is 4. The second-order valence-electron chi connectivity index (χ2n) is 6.42. The summed E-state index contributed by atoms with van der Waals surface area (Å²) in [6.07, 6.45) is 5.60. The van der Waals surface area contributed by atoms with Crippen molar-refractivity contribution in [3.63, 3.8) is 0 Å². The summed E-state index contributed by atoms with van der Waals surface area (Å²) in [4.78, 5) is 14.1. The van der Waals surface area contributed by atoms with Crippen molar-refractivity contribution in [3.05, 3.63) is 36.0 Å². The van der Waals surface area contributed by atoms with Crippen molar-refractivity contribution in [1.82, 2.24) is 15.0 Å². The maximum atomic E-state index is 13.8. The van der Waals surface area contributed by atoms with Gasteiger partial charge in [0.15, 0.2) is 11.6 Å². The summed E-state index contributed by atoms with van der Waals surface area (Å²) < 4.78 is 19.1. The highest BCUT2D eigenvalue weighted by Gasteiger charge is 2.35. The Balaban J connectivity index is 1.89. The highest BCUT2D eigenvalue weighted by molar-refractivity contribution is 5.44. The summed E-state index contributed by atoms with van der Waals surface area (Å²) in [6.45, 7) is 0. The van der Waals surface area contributed by atoms with Crippen LogP contribution in [-0.2, 0) is 0 Å². The van der Waals surface area contributed by atoms with Gasteiger partial charge in [-0.3, -0.25) is 4.98 Å². The normalized spacial score (nSPS) is 20.5. The molecule has 1 saturated carbocycles. The van der Waals surface area contributed by atoms with Gasteiger partial charge in [-0.15, -0.1) is 0 Å². The Morgan fingerprint density at radius 3 is 2.72 bits per heavy atom. The molecular weight excluding hydrogens is 325 g/mol. The smallest absolute Gasteiger partial charge is 0.225 e. The monoisotopic (exact) mass is 347 g/mol. The Morgan fingerprint density at radius 1 is 1.32 bits per heavy atom. The molecule has 0 radical (unpaired) electrons. The minimum Gasteiger partial charge on any atom is -0.495 e. The van der Waals surface area contributed by atoms with Gasteiger partial charge in [0, 0.05) is 20.3 Å². The highest BCUT2D eigenvalue weighted by atomic mass is 19.1. The van der Waals surface area contributed by atoms with Crippen LogP contribution < -0.4 is 15.0 Å². The van der Waals surface area contributed by atoms with E-state index in [9.17, 15) is 9.50 Å². The Bertz CT molecular complexity index is 737. The summed E-state index contributed by atoms with van der Waals surface area (Å²) in [5.41, 5.74) is 0.913. The van der Waals surface area contributed by atoms with Gasteiger partial charge in [-0.1, -0.05) is 0 Å². The number of ether oxygens (including phenoxy) is 1. The van der Waals surface area contributed by atoms with Gasteiger partial charge in [0.2, 0.25) is 5.95 Å². The first kappa shape index (κ1) is 17.3. The first-order chi connectivity index (χ1) is 12.0. The average molecular weight is 347 g/mol. The fourth-order valence-corrected chi connectivity index (χ4v) is 2.97. The van der Waals surface area contributed by atoms with E-state index in [1.54, 1.807) is 38.5 Å². The molecule has 0 aliphatic heterocycles. The lowest BCUT2D eigenvalue weighted by Crippen LogP contribution is -2.36. The molecule has 2 aromatic rings. The van der Waals surface area contributed by atoms with E-state index in [4.69, 9.17) is 4.74 Å². The molecule has 0 amide bonds. The van der Waals surface area contributed by atoms with Crippen LogP contribution in [0.5, 0.6) is 5.75 Å². The first-order valence-electron chi connectivity index (χ1n) is 8.11. The van der Waals surface area contributed by atoms with Gasteiger partial charge in [0.1, 0.15) is 5.75 Å². The van der Waals surface area contributed by atoms with Crippen LogP contribution in [0, 0.1) is 11.7 Å². The van der Waals surface area contributed by atoms with Crippen LogP contribution in [0.15, 0.2) is 24.7 Å². The molecule has 0 aromatic carbocycles. The van der Waals surface area contributed by atoms with Crippen molar-refractivity contribution >= 4 is 11.8 Å². The molecule has 3 rings (SSSR count). The largest absolute Gasteiger partial charge is 0.495 e. The lowest BCUT2D eigenvalue weighted by atomic mass is 9.75. The van der Waals surface area contributed by atoms with E-state index >= 15 is 0 Å². The number of halogens is 1. The van der Waals surface area contributed by atoms with Crippen molar-refractivity contribution < 1.29 is 14.2 Å². The molecule has 0 saturated heterocycles. The number of hydrogen-bond acceptors (Lipinski definition) is 7. The summed E-state index contributed by atoms with van der Waals surface area (Å²) in [6, 6.07) is 1.75. The van der Waals surface area contributed by atoms with E-state index in [0.717, 1.165) is 11.8 Å². The third-order valence-corrected chi connectivity index (χ3v) is 4.38. The quantitative estimate of drug-likeness (QED) is 0.827. The molecule has 1 aliphatic carbocycles. The summed E-state index contributed by atoms with van der Waals surface area (Å²) in [5, 5.41) is 12.9. The molecule has 2 aromatic heterocycles. The van der Waals surface area contributed by atoms with E-state index in [2.05, 4.69) is 20.3 Å². The second-order valence-corrected chi connectivity index (χ2v) is 6.42. The Hall–Kier alpha value is -2.48. The third kappa shape index (κ3) is 3.79. The van der Waals surface area contributed by atoms with Crippen molar-refractivity contribution in [2.45, 2.75) is 25.0 Å². The van der Waals surface area contributed by atoms with Gasteiger partial charge in [-0.25, -0.2) is 9.37 Å².